The van der Waals surface area contributed by atoms with E-state index in [4.69, 9.17) is 14.0 Å². The molecule has 0 radical (unpaired) electrons. The van der Waals surface area contributed by atoms with Gasteiger partial charge in [0.25, 0.3) is 11.8 Å². The molecular formula is C22H22FN3O5. The Kier molecular flexibility index (Phi) is 6.86. The number of nitrogens with zero attached hydrogens (tertiary/aromatic N) is 1. The second kappa shape index (κ2) is 9.75. The third-order valence-corrected chi connectivity index (χ3v) is 4.48. The van der Waals surface area contributed by atoms with E-state index in [0.29, 0.717) is 29.4 Å². The van der Waals surface area contributed by atoms with E-state index in [2.05, 4.69) is 16.0 Å². The molecule has 9 heteroatoms. The van der Waals surface area contributed by atoms with E-state index in [-0.39, 0.29) is 0 Å². The fourth-order valence-electron chi connectivity index (χ4n) is 2.63. The van der Waals surface area contributed by atoms with Crippen LogP contribution < -0.4 is 20.3 Å². The molecule has 31 heavy (non-hydrogen) atoms. The lowest BCUT2D eigenvalue weighted by Gasteiger charge is -2.15. The second-order valence-corrected chi connectivity index (χ2v) is 6.77. The van der Waals surface area contributed by atoms with Crippen molar-refractivity contribution >= 4 is 11.8 Å². The van der Waals surface area contributed by atoms with E-state index in [9.17, 15) is 14.0 Å². The minimum absolute atomic E-state index is 0.300. The summed E-state index contributed by atoms with van der Waals surface area (Å²) in [6.45, 7) is 5.46. The molecular weight excluding hydrogens is 405 g/mol. The Bertz CT molecular complexity index is 1030. The first kappa shape index (κ1) is 21.8. The lowest BCUT2D eigenvalue weighted by atomic mass is 10.2. The van der Waals surface area contributed by atoms with Crippen LogP contribution >= 0.6 is 0 Å². The summed E-state index contributed by atoms with van der Waals surface area (Å²) in [5.74, 6) is 0.139. The molecule has 0 saturated carbocycles. The number of amides is 2. The van der Waals surface area contributed by atoms with Crippen LogP contribution in [-0.2, 0) is 11.4 Å². The van der Waals surface area contributed by atoms with Crippen molar-refractivity contribution in [3.8, 4) is 11.5 Å². The number of aryl methyl sites for hydroxylation is 2. The van der Waals surface area contributed by atoms with E-state index < -0.39 is 23.7 Å². The molecule has 1 heterocycles. The number of halogens is 1. The molecule has 1 aromatic heterocycles. The summed E-state index contributed by atoms with van der Waals surface area (Å²) in [6.07, 6.45) is -0.897. The number of hydrazine groups is 1. The fourth-order valence-corrected chi connectivity index (χ4v) is 2.63. The summed E-state index contributed by atoms with van der Waals surface area (Å²) in [6, 6.07) is 11.7. The van der Waals surface area contributed by atoms with Crippen LogP contribution in [0, 0.1) is 19.7 Å². The number of carbonyl (C=O) groups is 2. The monoisotopic (exact) mass is 427 g/mol. The number of nitrogens with one attached hydrogen (secondary N) is 2. The van der Waals surface area contributed by atoms with Crippen LogP contribution in [0.4, 0.5) is 4.39 Å². The van der Waals surface area contributed by atoms with Crippen LogP contribution in [0.1, 0.15) is 34.3 Å². The van der Waals surface area contributed by atoms with Crippen LogP contribution in [-0.4, -0.2) is 23.1 Å². The summed E-state index contributed by atoms with van der Waals surface area (Å²) in [5, 5.41) is 3.87. The molecule has 2 amide bonds. The lowest BCUT2D eigenvalue weighted by Crippen LogP contribution is -2.47. The van der Waals surface area contributed by atoms with E-state index in [1.807, 2.05) is 13.8 Å². The van der Waals surface area contributed by atoms with Crippen LogP contribution in [0.2, 0.25) is 0 Å². The average molecular weight is 427 g/mol. The molecule has 3 rings (SSSR count). The summed E-state index contributed by atoms with van der Waals surface area (Å²) < 4.78 is 29.1. The van der Waals surface area contributed by atoms with Crippen LogP contribution in [0.3, 0.4) is 0 Å². The minimum atomic E-state index is -0.897. The Morgan fingerprint density at radius 2 is 1.68 bits per heavy atom. The van der Waals surface area contributed by atoms with Crippen molar-refractivity contribution in [2.45, 2.75) is 33.5 Å². The summed E-state index contributed by atoms with van der Waals surface area (Å²) in [5.41, 5.74) is 6.59. The number of aromatic nitrogens is 1. The van der Waals surface area contributed by atoms with Gasteiger partial charge in [-0.1, -0.05) is 5.16 Å². The van der Waals surface area contributed by atoms with Crippen molar-refractivity contribution in [2.24, 2.45) is 0 Å². The van der Waals surface area contributed by atoms with Gasteiger partial charge in [-0.3, -0.25) is 20.4 Å². The van der Waals surface area contributed by atoms with Crippen molar-refractivity contribution in [2.75, 3.05) is 0 Å². The van der Waals surface area contributed by atoms with Gasteiger partial charge in [0, 0.05) is 5.56 Å². The maximum atomic E-state index is 12.9. The molecule has 3 aromatic rings. The molecule has 1 unspecified atom stereocenters. The highest BCUT2D eigenvalue weighted by atomic mass is 19.1. The van der Waals surface area contributed by atoms with Gasteiger partial charge in [0.15, 0.2) is 6.10 Å². The highest BCUT2D eigenvalue weighted by molar-refractivity contribution is 5.95. The molecule has 0 fully saturated rings. The number of rotatable bonds is 7. The van der Waals surface area contributed by atoms with Crippen LogP contribution in [0.25, 0.3) is 0 Å². The molecule has 0 bridgehead atoms. The van der Waals surface area contributed by atoms with Gasteiger partial charge in [0.05, 0.1) is 11.3 Å². The molecule has 0 saturated heterocycles. The quantitative estimate of drug-likeness (QED) is 0.561. The minimum Gasteiger partial charge on any atom is -0.489 e. The first-order chi connectivity index (χ1) is 14.8. The van der Waals surface area contributed by atoms with Crippen molar-refractivity contribution < 1.29 is 28.0 Å². The van der Waals surface area contributed by atoms with Crippen molar-refractivity contribution in [3.05, 3.63) is 76.9 Å². The van der Waals surface area contributed by atoms with E-state index in [1.165, 1.54) is 31.2 Å². The number of hydrogen-bond acceptors (Lipinski definition) is 6. The van der Waals surface area contributed by atoms with Crippen LogP contribution in [0.5, 0.6) is 11.5 Å². The van der Waals surface area contributed by atoms with Gasteiger partial charge in [-0.15, -0.1) is 0 Å². The third-order valence-electron chi connectivity index (χ3n) is 4.48. The van der Waals surface area contributed by atoms with E-state index >= 15 is 0 Å². The molecule has 2 aromatic carbocycles. The Morgan fingerprint density at radius 3 is 2.29 bits per heavy atom. The fraction of sp³-hybridized carbons (Fsp3) is 0.227. The third kappa shape index (κ3) is 5.81. The standard InChI is InChI=1S/C22H22FN3O5/c1-13-20(14(2)31-26-13)12-29-18-8-4-16(5-9-18)22(28)25-24-21(27)15(3)30-19-10-6-17(23)7-11-19/h4-11,15H,12H2,1-3H3,(H,24,27)(H,25,28). The zero-order valence-electron chi connectivity index (χ0n) is 17.3. The molecule has 0 aliphatic heterocycles. The largest absolute Gasteiger partial charge is 0.489 e. The van der Waals surface area contributed by atoms with Gasteiger partial charge < -0.3 is 14.0 Å². The van der Waals surface area contributed by atoms with Crippen molar-refractivity contribution in [3.63, 3.8) is 0 Å². The zero-order valence-corrected chi connectivity index (χ0v) is 17.3. The Balaban J connectivity index is 1.47. The zero-order chi connectivity index (χ0) is 22.4. The summed E-state index contributed by atoms with van der Waals surface area (Å²) in [4.78, 5) is 24.3. The maximum absolute atomic E-state index is 12.9. The first-order valence-corrected chi connectivity index (χ1v) is 9.50. The molecule has 8 nitrogen and oxygen atoms in total. The van der Waals surface area contributed by atoms with E-state index in [0.717, 1.165) is 11.3 Å². The predicted octanol–water partition coefficient (Wildman–Crippen LogP) is 3.24. The average Bonchev–Trinajstić information content (AvgIpc) is 3.09. The second-order valence-electron chi connectivity index (χ2n) is 6.77. The van der Waals surface area contributed by atoms with E-state index in [1.54, 1.807) is 24.3 Å². The van der Waals surface area contributed by atoms with Gasteiger partial charge in [-0.25, -0.2) is 4.39 Å². The van der Waals surface area contributed by atoms with Gasteiger partial charge in [0.1, 0.15) is 29.7 Å². The van der Waals surface area contributed by atoms with Gasteiger partial charge in [-0.2, -0.15) is 0 Å². The molecule has 162 valence electrons. The Hall–Kier alpha value is -3.88. The maximum Gasteiger partial charge on any atom is 0.279 e. The topological polar surface area (TPSA) is 103 Å². The van der Waals surface area contributed by atoms with Crippen LogP contribution in [0.15, 0.2) is 53.1 Å². The number of benzene rings is 2. The van der Waals surface area contributed by atoms with Crippen molar-refractivity contribution in [1.82, 2.24) is 16.0 Å². The highest BCUT2D eigenvalue weighted by Crippen LogP contribution is 2.18. The Labute approximate surface area is 178 Å². The predicted molar refractivity (Wildman–Crippen MR) is 109 cm³/mol. The van der Waals surface area contributed by atoms with Gasteiger partial charge in [-0.05, 0) is 69.3 Å². The van der Waals surface area contributed by atoms with Crippen molar-refractivity contribution in [1.29, 1.82) is 0 Å². The SMILES string of the molecule is Cc1noc(C)c1COc1ccc(C(=O)NNC(=O)C(C)Oc2ccc(F)cc2)cc1. The molecule has 0 spiro atoms. The molecule has 0 aliphatic rings. The number of carbonyl (C=O) groups excluding carboxylic acids is 2. The van der Waals surface area contributed by atoms with Gasteiger partial charge in [0.2, 0.25) is 0 Å². The molecule has 0 aliphatic carbocycles. The summed E-state index contributed by atoms with van der Waals surface area (Å²) >= 11 is 0. The number of ether oxygens (including phenoxy) is 2. The Morgan fingerprint density at radius 1 is 1.03 bits per heavy atom. The highest BCUT2D eigenvalue weighted by Gasteiger charge is 2.16. The molecule has 1 atom stereocenters. The summed E-state index contributed by atoms with van der Waals surface area (Å²) in [7, 11) is 0. The van der Waals surface area contributed by atoms with Gasteiger partial charge >= 0.3 is 0 Å². The number of hydrogen-bond donors (Lipinski definition) is 2. The molecule has 2 N–H and O–H groups in total. The smallest absolute Gasteiger partial charge is 0.279 e. The normalized spacial score (nSPS) is 11.5. The first-order valence-electron chi connectivity index (χ1n) is 9.50. The lowest BCUT2D eigenvalue weighted by molar-refractivity contribution is -0.128.